The molecular weight excluding hydrogens is 340 g/mol. The number of anilines is 1. The number of hydrogen-bond donors (Lipinski definition) is 1. The molecule has 5 heteroatoms. The van der Waals surface area contributed by atoms with E-state index in [0.29, 0.717) is 12.1 Å². The first-order valence-electron chi connectivity index (χ1n) is 9.92. The summed E-state index contributed by atoms with van der Waals surface area (Å²) in [5.41, 5.74) is 2.63. The lowest BCUT2D eigenvalue weighted by Crippen LogP contribution is -2.54. The summed E-state index contributed by atoms with van der Waals surface area (Å²) in [6.45, 7) is 2.64. The van der Waals surface area contributed by atoms with E-state index in [0.717, 1.165) is 10.9 Å². The van der Waals surface area contributed by atoms with E-state index in [2.05, 4.69) is 55.7 Å². The first kappa shape index (κ1) is 15.2. The van der Waals surface area contributed by atoms with Gasteiger partial charge in [-0.2, -0.15) is 5.10 Å². The number of benzene rings is 1. The van der Waals surface area contributed by atoms with E-state index in [1.165, 1.54) is 67.5 Å². The monoisotopic (exact) mass is 364 g/mol. The van der Waals surface area contributed by atoms with Gasteiger partial charge in [-0.15, -0.1) is 11.3 Å². The largest absolute Gasteiger partial charge is 0.350 e. The minimum Gasteiger partial charge on any atom is -0.350 e. The zero-order chi connectivity index (χ0) is 17.1. The predicted molar refractivity (Wildman–Crippen MR) is 108 cm³/mol. The number of nitrogens with one attached hydrogen (secondary N) is 1. The van der Waals surface area contributed by atoms with Gasteiger partial charge in [0.25, 0.3) is 0 Å². The van der Waals surface area contributed by atoms with E-state index < -0.39 is 0 Å². The Labute approximate surface area is 157 Å². The van der Waals surface area contributed by atoms with Crippen molar-refractivity contribution in [2.75, 3.05) is 18.0 Å². The number of hydrogen-bond acceptors (Lipinski definition) is 4. The Hall–Kier alpha value is -1.85. The van der Waals surface area contributed by atoms with Crippen LogP contribution in [0.3, 0.4) is 0 Å². The number of piperidine rings is 1. The topological polar surface area (TPSA) is 35.2 Å². The highest BCUT2D eigenvalue weighted by Crippen LogP contribution is 2.46. The second-order valence-corrected chi connectivity index (χ2v) is 8.93. The van der Waals surface area contributed by atoms with Crippen molar-refractivity contribution < 1.29 is 0 Å². The molecule has 3 aliphatic rings. The van der Waals surface area contributed by atoms with Crippen LogP contribution in [0.2, 0.25) is 0 Å². The highest BCUT2D eigenvalue weighted by molar-refractivity contribution is 7.17. The van der Waals surface area contributed by atoms with Crippen molar-refractivity contribution >= 4 is 27.4 Å². The van der Waals surface area contributed by atoms with E-state index in [1.807, 2.05) is 0 Å². The molecule has 2 aromatic heterocycles. The maximum absolute atomic E-state index is 4.66. The first-order valence-corrected chi connectivity index (χ1v) is 10.8. The SMILES string of the molecule is c1ccc(-c2csc3n[nH]c(N4C5CCC4CC(N4CCC4)C5)c23)cc1. The number of nitrogens with zero attached hydrogens (tertiary/aromatic N) is 3. The fraction of sp³-hybridized carbons (Fsp3) is 0.476. The van der Waals surface area contributed by atoms with Crippen LogP contribution in [0.5, 0.6) is 0 Å². The molecule has 3 aromatic rings. The van der Waals surface area contributed by atoms with Gasteiger partial charge in [0.1, 0.15) is 10.6 Å². The van der Waals surface area contributed by atoms with E-state index >= 15 is 0 Å². The Morgan fingerprint density at radius 1 is 1.00 bits per heavy atom. The summed E-state index contributed by atoms with van der Waals surface area (Å²) in [5, 5.41) is 11.7. The second kappa shape index (κ2) is 5.83. The molecule has 3 aliphatic heterocycles. The number of thiophene rings is 1. The lowest BCUT2D eigenvalue weighted by Gasteiger charge is -2.46. The van der Waals surface area contributed by atoms with Crippen LogP contribution in [0.1, 0.15) is 32.1 Å². The van der Waals surface area contributed by atoms with Crippen LogP contribution < -0.4 is 4.90 Å². The summed E-state index contributed by atoms with van der Waals surface area (Å²) in [5.74, 6) is 1.27. The average Bonchev–Trinajstić information content (AvgIpc) is 3.27. The van der Waals surface area contributed by atoms with Gasteiger partial charge in [-0.05, 0) is 50.8 Å². The standard InChI is InChI=1S/C21H24N4S/c1-2-5-14(6-3-1)18-13-26-21-19(18)20(22-23-21)25-15-7-8-16(25)12-17(11-15)24-9-4-10-24/h1-3,5-6,13,15-17H,4,7-12H2,(H,22,23). The third kappa shape index (κ3) is 2.20. The van der Waals surface area contributed by atoms with Crippen LogP contribution in [0.4, 0.5) is 5.82 Å². The molecule has 3 saturated heterocycles. The summed E-state index contributed by atoms with van der Waals surface area (Å²) < 4.78 is 0. The first-order chi connectivity index (χ1) is 12.9. The molecule has 5 heterocycles. The van der Waals surface area contributed by atoms with Crippen LogP contribution in [0.15, 0.2) is 35.7 Å². The van der Waals surface area contributed by atoms with Crippen molar-refractivity contribution in [3.05, 3.63) is 35.7 Å². The maximum Gasteiger partial charge on any atom is 0.148 e. The van der Waals surface area contributed by atoms with Crippen molar-refractivity contribution in [3.8, 4) is 11.1 Å². The van der Waals surface area contributed by atoms with Crippen LogP contribution in [-0.4, -0.2) is 46.3 Å². The number of aromatic nitrogens is 2. The minimum absolute atomic E-state index is 0.673. The molecule has 26 heavy (non-hydrogen) atoms. The lowest BCUT2D eigenvalue weighted by molar-refractivity contribution is 0.0889. The summed E-state index contributed by atoms with van der Waals surface area (Å²) >= 11 is 1.76. The van der Waals surface area contributed by atoms with Gasteiger partial charge < -0.3 is 9.80 Å². The number of likely N-dealkylation sites (tertiary alicyclic amines) is 1. The summed E-state index contributed by atoms with van der Waals surface area (Å²) in [7, 11) is 0. The number of aromatic amines is 1. The molecule has 2 bridgehead atoms. The van der Waals surface area contributed by atoms with Crippen molar-refractivity contribution in [2.24, 2.45) is 0 Å². The molecule has 0 radical (unpaired) electrons. The zero-order valence-electron chi connectivity index (χ0n) is 14.9. The second-order valence-electron chi connectivity index (χ2n) is 8.07. The van der Waals surface area contributed by atoms with Gasteiger partial charge >= 0.3 is 0 Å². The molecule has 134 valence electrons. The summed E-state index contributed by atoms with van der Waals surface area (Å²) in [4.78, 5) is 6.55. The maximum atomic E-state index is 4.66. The van der Waals surface area contributed by atoms with Crippen molar-refractivity contribution in [1.29, 1.82) is 0 Å². The van der Waals surface area contributed by atoms with E-state index in [9.17, 15) is 0 Å². The van der Waals surface area contributed by atoms with Gasteiger partial charge in [-0.1, -0.05) is 30.3 Å². The third-order valence-corrected chi connectivity index (χ3v) is 7.60. The molecule has 3 fully saturated rings. The predicted octanol–water partition coefficient (Wildman–Crippen LogP) is 4.50. The van der Waals surface area contributed by atoms with Gasteiger partial charge in [-0.25, -0.2) is 0 Å². The highest BCUT2D eigenvalue weighted by Gasteiger charge is 2.44. The lowest BCUT2D eigenvalue weighted by atomic mass is 9.93. The highest BCUT2D eigenvalue weighted by atomic mass is 32.1. The number of H-pyrrole nitrogens is 1. The molecule has 4 nitrogen and oxygen atoms in total. The smallest absolute Gasteiger partial charge is 0.148 e. The molecule has 2 unspecified atom stereocenters. The molecular formula is C21H24N4S. The molecule has 0 amide bonds. The normalized spacial score (nSPS) is 28.6. The fourth-order valence-electron chi connectivity index (χ4n) is 5.35. The Balaban J connectivity index is 1.39. The van der Waals surface area contributed by atoms with Crippen LogP contribution >= 0.6 is 11.3 Å². The Bertz CT molecular complexity index is 912. The van der Waals surface area contributed by atoms with Crippen LogP contribution in [0.25, 0.3) is 21.3 Å². The van der Waals surface area contributed by atoms with Crippen molar-refractivity contribution in [2.45, 2.75) is 50.2 Å². The molecule has 1 aromatic carbocycles. The third-order valence-electron chi connectivity index (χ3n) is 6.73. The molecule has 0 aliphatic carbocycles. The number of rotatable bonds is 3. The zero-order valence-corrected chi connectivity index (χ0v) is 15.7. The van der Waals surface area contributed by atoms with Crippen molar-refractivity contribution in [3.63, 3.8) is 0 Å². The molecule has 1 N–H and O–H groups in total. The Morgan fingerprint density at radius 2 is 1.77 bits per heavy atom. The van der Waals surface area contributed by atoms with Gasteiger partial charge in [0.15, 0.2) is 0 Å². The molecule has 2 atom stereocenters. The van der Waals surface area contributed by atoms with Gasteiger partial charge in [0.05, 0.1) is 5.39 Å². The van der Waals surface area contributed by atoms with E-state index in [4.69, 9.17) is 0 Å². The fourth-order valence-corrected chi connectivity index (χ4v) is 6.26. The average molecular weight is 365 g/mol. The summed E-state index contributed by atoms with van der Waals surface area (Å²) in [6.07, 6.45) is 6.70. The number of fused-ring (bicyclic) bond motifs is 3. The van der Waals surface area contributed by atoms with Gasteiger partial charge in [-0.3, -0.25) is 5.10 Å². The van der Waals surface area contributed by atoms with E-state index in [-0.39, 0.29) is 0 Å². The Morgan fingerprint density at radius 3 is 2.46 bits per heavy atom. The van der Waals surface area contributed by atoms with Crippen molar-refractivity contribution in [1.82, 2.24) is 15.1 Å². The molecule has 0 spiro atoms. The van der Waals surface area contributed by atoms with Crippen LogP contribution in [-0.2, 0) is 0 Å². The minimum atomic E-state index is 0.673. The van der Waals surface area contributed by atoms with Crippen LogP contribution in [0, 0.1) is 0 Å². The molecule has 6 rings (SSSR count). The van der Waals surface area contributed by atoms with E-state index in [1.54, 1.807) is 11.3 Å². The van der Waals surface area contributed by atoms with Gasteiger partial charge in [0, 0.05) is 29.1 Å². The van der Waals surface area contributed by atoms with Gasteiger partial charge in [0.2, 0.25) is 0 Å². The quantitative estimate of drug-likeness (QED) is 0.743. The Kier molecular flexibility index (Phi) is 3.41. The summed E-state index contributed by atoms with van der Waals surface area (Å²) in [6, 6.07) is 12.9. The molecule has 0 saturated carbocycles.